The van der Waals surface area contributed by atoms with Crippen molar-refractivity contribution in [3.63, 3.8) is 0 Å². The van der Waals surface area contributed by atoms with Gasteiger partial charge in [0.2, 0.25) is 5.78 Å². The van der Waals surface area contributed by atoms with Gasteiger partial charge in [-0.25, -0.2) is 0 Å². The highest BCUT2D eigenvalue weighted by atomic mass is 16.5. The van der Waals surface area contributed by atoms with E-state index in [0.29, 0.717) is 0 Å². The van der Waals surface area contributed by atoms with Crippen LogP contribution in [0.3, 0.4) is 0 Å². The number of rotatable bonds is 5. The Bertz CT molecular complexity index is 942. The van der Waals surface area contributed by atoms with Gasteiger partial charge >= 0.3 is 0 Å². The number of benzene rings is 2. The van der Waals surface area contributed by atoms with Crippen molar-refractivity contribution in [1.29, 1.82) is 0 Å². The third kappa shape index (κ3) is 3.13. The summed E-state index contributed by atoms with van der Waals surface area (Å²) in [6, 6.07) is 16.2. The van der Waals surface area contributed by atoms with Crippen LogP contribution in [0.5, 0.6) is 5.75 Å². The van der Waals surface area contributed by atoms with Crippen molar-refractivity contribution in [1.82, 2.24) is 9.88 Å². The predicted octanol–water partition coefficient (Wildman–Crippen LogP) is 3.61. The molecule has 4 heteroatoms. The maximum absolute atomic E-state index is 13.1. The van der Waals surface area contributed by atoms with Gasteiger partial charge in [0.25, 0.3) is 0 Å². The van der Waals surface area contributed by atoms with Gasteiger partial charge in [-0.2, -0.15) is 0 Å². The van der Waals surface area contributed by atoms with E-state index < -0.39 is 0 Å². The van der Waals surface area contributed by atoms with E-state index in [1.807, 2.05) is 30.3 Å². The molecule has 2 heterocycles. The fourth-order valence-electron chi connectivity index (χ4n) is 3.78. The smallest absolute Gasteiger partial charge is 0.202 e. The number of para-hydroxylation sites is 1. The number of Topliss-reactive ketones (excluding diaryl/α,β-unsaturated/α-hetero) is 1. The lowest BCUT2D eigenvalue weighted by Crippen LogP contribution is -2.17. The first-order chi connectivity index (χ1) is 12.8. The molecule has 0 amide bonds. The highest BCUT2D eigenvalue weighted by molar-refractivity contribution is 6.10. The third-order valence-corrected chi connectivity index (χ3v) is 5.08. The summed E-state index contributed by atoms with van der Waals surface area (Å²) in [6.45, 7) is 4.90. The second-order valence-electron chi connectivity index (χ2n) is 6.70. The van der Waals surface area contributed by atoms with Crippen molar-refractivity contribution in [2.24, 2.45) is 0 Å². The van der Waals surface area contributed by atoms with Crippen LogP contribution in [0.2, 0.25) is 0 Å². The molecule has 0 saturated carbocycles. The van der Waals surface area contributed by atoms with Gasteiger partial charge < -0.3 is 14.6 Å². The van der Waals surface area contributed by atoms with Crippen molar-refractivity contribution >= 4 is 16.7 Å². The molecule has 0 unspecified atom stereocenters. The number of nitrogens with one attached hydrogen (secondary N) is 1. The zero-order valence-corrected chi connectivity index (χ0v) is 15.1. The number of ketones is 1. The van der Waals surface area contributed by atoms with Crippen LogP contribution in [0.15, 0.2) is 48.5 Å². The topological polar surface area (TPSA) is 43.3 Å². The molecular formula is C22H24N2O2. The lowest BCUT2D eigenvalue weighted by Gasteiger charge is -2.09. The van der Waals surface area contributed by atoms with Gasteiger partial charge in [-0.05, 0) is 30.2 Å². The van der Waals surface area contributed by atoms with Crippen LogP contribution in [0, 0.1) is 0 Å². The first-order valence-corrected chi connectivity index (χ1v) is 9.33. The minimum absolute atomic E-state index is 0.0544. The van der Waals surface area contributed by atoms with Crippen molar-refractivity contribution < 1.29 is 9.53 Å². The molecule has 0 saturated heterocycles. The van der Waals surface area contributed by atoms with Crippen LogP contribution >= 0.6 is 0 Å². The summed E-state index contributed by atoms with van der Waals surface area (Å²) in [6.07, 6.45) is 1.82. The number of hydrogen-bond donors (Lipinski definition) is 1. The largest absolute Gasteiger partial charge is 0.485 e. The van der Waals surface area contributed by atoms with E-state index in [9.17, 15) is 4.79 Å². The van der Waals surface area contributed by atoms with E-state index >= 15 is 0 Å². The molecule has 0 atom stereocenters. The van der Waals surface area contributed by atoms with Gasteiger partial charge in [0.15, 0.2) is 6.61 Å². The Kier molecular flexibility index (Phi) is 4.76. The zero-order valence-electron chi connectivity index (χ0n) is 15.1. The molecule has 3 aromatic rings. The molecular weight excluding hydrogens is 324 g/mol. The Balaban J connectivity index is 1.65. The van der Waals surface area contributed by atoms with E-state index in [-0.39, 0.29) is 12.4 Å². The highest BCUT2D eigenvalue weighted by Gasteiger charge is 2.23. The summed E-state index contributed by atoms with van der Waals surface area (Å²) in [7, 11) is 0. The lowest BCUT2D eigenvalue weighted by atomic mass is 10.1. The van der Waals surface area contributed by atoms with Gasteiger partial charge in [-0.3, -0.25) is 4.79 Å². The molecule has 4 rings (SSSR count). The normalized spacial score (nSPS) is 14.0. The molecule has 0 spiro atoms. The van der Waals surface area contributed by atoms with Gasteiger partial charge in [0, 0.05) is 42.7 Å². The monoisotopic (exact) mass is 348 g/mol. The fraction of sp³-hybridized carbons (Fsp3) is 0.318. The second kappa shape index (κ2) is 7.34. The van der Waals surface area contributed by atoms with Crippen LogP contribution in [0.4, 0.5) is 0 Å². The SMILES string of the molecule is CCc1cccc(OCC(=O)c2c3n(c4ccccc24)CCNCC3)c1. The fourth-order valence-corrected chi connectivity index (χ4v) is 3.78. The summed E-state index contributed by atoms with van der Waals surface area (Å²) in [5.74, 6) is 0.813. The first-order valence-electron chi connectivity index (χ1n) is 9.33. The van der Waals surface area contributed by atoms with E-state index in [4.69, 9.17) is 4.74 Å². The summed E-state index contributed by atoms with van der Waals surface area (Å²) < 4.78 is 8.12. The number of aromatic nitrogens is 1. The molecule has 1 N–H and O–H groups in total. The Labute approximate surface area is 153 Å². The number of carbonyl (C=O) groups excluding carboxylic acids is 1. The number of fused-ring (bicyclic) bond motifs is 3. The summed E-state index contributed by atoms with van der Waals surface area (Å²) in [5, 5.41) is 4.46. The van der Waals surface area contributed by atoms with Crippen LogP contribution in [0.25, 0.3) is 10.9 Å². The molecule has 0 radical (unpaired) electrons. The third-order valence-electron chi connectivity index (χ3n) is 5.08. The second-order valence-corrected chi connectivity index (χ2v) is 6.70. The van der Waals surface area contributed by atoms with Crippen LogP contribution in [-0.4, -0.2) is 30.0 Å². The molecule has 0 bridgehead atoms. The van der Waals surface area contributed by atoms with E-state index in [1.54, 1.807) is 0 Å². The van der Waals surface area contributed by atoms with Crippen molar-refractivity contribution in [2.75, 3.05) is 19.7 Å². The van der Waals surface area contributed by atoms with Gasteiger partial charge in [0.05, 0.1) is 5.56 Å². The van der Waals surface area contributed by atoms with E-state index in [0.717, 1.165) is 60.4 Å². The van der Waals surface area contributed by atoms with Crippen LogP contribution < -0.4 is 10.1 Å². The predicted molar refractivity (Wildman–Crippen MR) is 104 cm³/mol. The summed E-state index contributed by atoms with van der Waals surface area (Å²) in [5.41, 5.74) is 4.31. The van der Waals surface area contributed by atoms with E-state index in [2.05, 4.69) is 35.0 Å². The van der Waals surface area contributed by atoms with Crippen LogP contribution in [0.1, 0.15) is 28.5 Å². The molecule has 4 nitrogen and oxygen atoms in total. The Hall–Kier alpha value is -2.59. The maximum atomic E-state index is 13.1. The maximum Gasteiger partial charge on any atom is 0.202 e. The molecule has 0 aliphatic carbocycles. The summed E-state index contributed by atoms with van der Waals surface area (Å²) >= 11 is 0. The first kappa shape index (κ1) is 16.9. The summed E-state index contributed by atoms with van der Waals surface area (Å²) in [4.78, 5) is 13.1. The minimum atomic E-state index is 0.0544. The average molecular weight is 348 g/mol. The number of aryl methyl sites for hydroxylation is 1. The van der Waals surface area contributed by atoms with Crippen molar-refractivity contribution in [3.8, 4) is 5.75 Å². The van der Waals surface area contributed by atoms with Gasteiger partial charge in [0.1, 0.15) is 5.75 Å². The molecule has 26 heavy (non-hydrogen) atoms. The molecule has 134 valence electrons. The van der Waals surface area contributed by atoms with Crippen molar-refractivity contribution in [3.05, 3.63) is 65.4 Å². The van der Waals surface area contributed by atoms with Crippen LogP contribution in [-0.2, 0) is 19.4 Å². The number of carbonyl (C=O) groups is 1. The number of hydrogen-bond acceptors (Lipinski definition) is 3. The Morgan fingerprint density at radius 3 is 2.92 bits per heavy atom. The molecule has 1 aromatic heterocycles. The Morgan fingerprint density at radius 2 is 2.04 bits per heavy atom. The Morgan fingerprint density at radius 1 is 1.15 bits per heavy atom. The molecule has 1 aliphatic heterocycles. The average Bonchev–Trinajstić information content (AvgIpc) is 2.82. The van der Waals surface area contributed by atoms with Gasteiger partial charge in [-0.1, -0.05) is 37.3 Å². The molecule has 1 aliphatic rings. The number of ether oxygens (including phenoxy) is 1. The van der Waals surface area contributed by atoms with E-state index in [1.165, 1.54) is 5.56 Å². The lowest BCUT2D eigenvalue weighted by molar-refractivity contribution is 0.0922. The minimum Gasteiger partial charge on any atom is -0.485 e. The zero-order chi connectivity index (χ0) is 17.9. The molecule has 2 aromatic carbocycles. The van der Waals surface area contributed by atoms with Gasteiger partial charge in [-0.15, -0.1) is 0 Å². The molecule has 0 fully saturated rings. The standard InChI is InChI=1S/C22H24N2O2/c1-2-16-6-5-7-17(14-16)26-15-21(25)22-18-8-3-4-9-19(18)24-13-12-23-11-10-20(22)24/h3-9,14,23H,2,10-13,15H2,1H3. The highest BCUT2D eigenvalue weighted by Crippen LogP contribution is 2.28. The van der Waals surface area contributed by atoms with Crippen molar-refractivity contribution in [2.45, 2.75) is 26.3 Å². The quantitative estimate of drug-likeness (QED) is 0.716. The number of nitrogens with zero attached hydrogens (tertiary/aromatic N) is 1.